The molecule has 0 saturated heterocycles. The third-order valence-corrected chi connectivity index (χ3v) is 4.29. The lowest BCUT2D eigenvalue weighted by atomic mass is 10.0. The minimum Gasteiger partial charge on any atom is -0.374 e. The van der Waals surface area contributed by atoms with Gasteiger partial charge in [0.25, 0.3) is 0 Å². The van der Waals surface area contributed by atoms with Gasteiger partial charge in [0.1, 0.15) is 0 Å². The first-order valence-corrected chi connectivity index (χ1v) is 7.33. The van der Waals surface area contributed by atoms with E-state index in [-0.39, 0.29) is 5.91 Å². The summed E-state index contributed by atoms with van der Waals surface area (Å²) >= 11 is 6.22. The normalized spacial score (nSPS) is 13.9. The van der Waals surface area contributed by atoms with Crippen LogP contribution in [-0.4, -0.2) is 12.5 Å². The number of aryl methyl sites for hydroxylation is 2. The van der Waals surface area contributed by atoms with E-state index >= 15 is 0 Å². The Morgan fingerprint density at radius 3 is 2.67 bits per heavy atom. The summed E-state index contributed by atoms with van der Waals surface area (Å²) in [5, 5.41) is 3.88. The van der Waals surface area contributed by atoms with Crippen molar-refractivity contribution in [1.82, 2.24) is 0 Å². The number of amides is 1. The summed E-state index contributed by atoms with van der Waals surface area (Å²) in [6.07, 6.45) is 0. The number of carbonyl (C=O) groups is 1. The topological polar surface area (TPSA) is 32.3 Å². The Morgan fingerprint density at radius 2 is 1.90 bits per heavy atom. The summed E-state index contributed by atoms with van der Waals surface area (Å²) in [5.41, 5.74) is 5.28. The highest BCUT2D eigenvalue weighted by Gasteiger charge is 2.25. The predicted molar refractivity (Wildman–Crippen MR) is 87.0 cm³/mol. The number of fused-ring (bicyclic) bond motifs is 1. The Balaban J connectivity index is 2.01. The van der Waals surface area contributed by atoms with Gasteiger partial charge in [-0.05, 0) is 48.7 Å². The van der Waals surface area contributed by atoms with Gasteiger partial charge in [-0.2, -0.15) is 0 Å². The second-order valence-electron chi connectivity index (χ2n) is 5.38. The lowest BCUT2D eigenvalue weighted by Crippen LogP contribution is -2.39. The molecule has 0 unspecified atom stereocenters. The van der Waals surface area contributed by atoms with Crippen molar-refractivity contribution in [3.63, 3.8) is 0 Å². The molecule has 0 spiro atoms. The van der Waals surface area contributed by atoms with Gasteiger partial charge in [0.15, 0.2) is 0 Å². The molecule has 1 amide bonds. The minimum absolute atomic E-state index is 0.0608. The van der Waals surface area contributed by atoms with Crippen molar-refractivity contribution < 1.29 is 4.79 Å². The standard InChI is InChI=1S/C17H17ClN2O/c1-11-7-15-16(8-12(11)2)20(17(21)9-19-15)10-13-5-3-4-6-14(13)18/h3-8,19H,9-10H2,1-2H3. The molecule has 3 rings (SSSR count). The molecule has 0 bridgehead atoms. The molecular formula is C17H17ClN2O. The summed E-state index contributed by atoms with van der Waals surface area (Å²) in [7, 11) is 0. The second kappa shape index (κ2) is 5.41. The van der Waals surface area contributed by atoms with Crippen LogP contribution < -0.4 is 10.2 Å². The first-order valence-electron chi connectivity index (χ1n) is 6.95. The zero-order chi connectivity index (χ0) is 15.0. The van der Waals surface area contributed by atoms with E-state index in [0.29, 0.717) is 18.1 Å². The van der Waals surface area contributed by atoms with Crippen molar-refractivity contribution in [1.29, 1.82) is 0 Å². The Hall–Kier alpha value is -2.00. The molecule has 0 saturated carbocycles. The first-order chi connectivity index (χ1) is 10.1. The maximum Gasteiger partial charge on any atom is 0.246 e. The van der Waals surface area contributed by atoms with Crippen LogP contribution in [0.1, 0.15) is 16.7 Å². The highest BCUT2D eigenvalue weighted by Crippen LogP contribution is 2.34. The number of benzene rings is 2. The summed E-state index contributed by atoms with van der Waals surface area (Å²) in [6.45, 7) is 4.95. The number of halogens is 1. The largest absolute Gasteiger partial charge is 0.374 e. The van der Waals surface area contributed by atoms with E-state index in [1.165, 1.54) is 11.1 Å². The van der Waals surface area contributed by atoms with Crippen LogP contribution in [0.2, 0.25) is 5.02 Å². The fourth-order valence-electron chi connectivity index (χ4n) is 2.54. The maximum atomic E-state index is 12.3. The molecule has 0 fully saturated rings. The average Bonchev–Trinajstić information content (AvgIpc) is 2.46. The molecule has 3 nitrogen and oxygen atoms in total. The van der Waals surface area contributed by atoms with Gasteiger partial charge < -0.3 is 10.2 Å². The van der Waals surface area contributed by atoms with Gasteiger partial charge in [0.05, 0.1) is 24.5 Å². The van der Waals surface area contributed by atoms with E-state index in [4.69, 9.17) is 11.6 Å². The predicted octanol–water partition coefficient (Wildman–Crippen LogP) is 3.92. The van der Waals surface area contributed by atoms with E-state index in [1.807, 2.05) is 24.3 Å². The summed E-state index contributed by atoms with van der Waals surface area (Å²) in [6, 6.07) is 11.8. The fraction of sp³-hybridized carbons (Fsp3) is 0.235. The number of hydrogen-bond donors (Lipinski definition) is 1. The van der Waals surface area contributed by atoms with Gasteiger partial charge in [-0.25, -0.2) is 0 Å². The van der Waals surface area contributed by atoms with Gasteiger partial charge >= 0.3 is 0 Å². The Bertz CT molecular complexity index is 712. The van der Waals surface area contributed by atoms with Gasteiger partial charge in [-0.1, -0.05) is 29.8 Å². The highest BCUT2D eigenvalue weighted by molar-refractivity contribution is 6.31. The number of anilines is 2. The van der Waals surface area contributed by atoms with E-state index in [9.17, 15) is 4.79 Å². The summed E-state index contributed by atoms with van der Waals surface area (Å²) < 4.78 is 0. The van der Waals surface area contributed by atoms with Crippen molar-refractivity contribution >= 4 is 28.9 Å². The molecule has 1 aliphatic rings. The molecule has 108 valence electrons. The SMILES string of the molecule is Cc1cc2c(cc1C)N(Cc1ccccc1Cl)C(=O)CN2. The molecule has 4 heteroatoms. The smallest absolute Gasteiger partial charge is 0.246 e. The monoisotopic (exact) mass is 300 g/mol. The van der Waals surface area contributed by atoms with E-state index < -0.39 is 0 Å². The highest BCUT2D eigenvalue weighted by atomic mass is 35.5. The van der Waals surface area contributed by atoms with Crippen LogP contribution in [0.4, 0.5) is 11.4 Å². The van der Waals surface area contributed by atoms with Crippen molar-refractivity contribution in [2.24, 2.45) is 0 Å². The Morgan fingerprint density at radius 1 is 1.19 bits per heavy atom. The van der Waals surface area contributed by atoms with E-state index in [0.717, 1.165) is 16.9 Å². The van der Waals surface area contributed by atoms with Crippen molar-refractivity contribution in [3.8, 4) is 0 Å². The molecule has 1 aliphatic heterocycles. The van der Waals surface area contributed by atoms with Crippen LogP contribution in [0.15, 0.2) is 36.4 Å². The Kier molecular flexibility index (Phi) is 3.60. The van der Waals surface area contributed by atoms with Crippen molar-refractivity contribution in [2.45, 2.75) is 20.4 Å². The van der Waals surface area contributed by atoms with Gasteiger partial charge in [0, 0.05) is 5.02 Å². The molecule has 0 atom stereocenters. The average molecular weight is 301 g/mol. The van der Waals surface area contributed by atoms with Gasteiger partial charge in [-0.15, -0.1) is 0 Å². The summed E-state index contributed by atoms with van der Waals surface area (Å²) in [5.74, 6) is 0.0608. The second-order valence-corrected chi connectivity index (χ2v) is 5.79. The van der Waals surface area contributed by atoms with Crippen LogP contribution >= 0.6 is 11.6 Å². The van der Waals surface area contributed by atoms with Gasteiger partial charge in [-0.3, -0.25) is 4.79 Å². The number of hydrogen-bond acceptors (Lipinski definition) is 2. The van der Waals surface area contributed by atoms with Gasteiger partial charge in [0.2, 0.25) is 5.91 Å². The molecule has 0 aromatic heterocycles. The molecule has 21 heavy (non-hydrogen) atoms. The molecule has 1 heterocycles. The molecular weight excluding hydrogens is 284 g/mol. The molecule has 2 aromatic carbocycles. The number of nitrogens with one attached hydrogen (secondary N) is 1. The van der Waals surface area contributed by atoms with E-state index in [1.54, 1.807) is 4.90 Å². The van der Waals surface area contributed by atoms with Crippen LogP contribution in [0.25, 0.3) is 0 Å². The minimum atomic E-state index is 0.0608. The number of rotatable bonds is 2. The number of carbonyl (C=O) groups excluding carboxylic acids is 1. The first kappa shape index (κ1) is 14.0. The lowest BCUT2D eigenvalue weighted by molar-refractivity contribution is -0.117. The van der Waals surface area contributed by atoms with Crippen LogP contribution in [-0.2, 0) is 11.3 Å². The zero-order valence-corrected chi connectivity index (χ0v) is 12.9. The fourth-order valence-corrected chi connectivity index (χ4v) is 2.73. The van der Waals surface area contributed by atoms with Crippen LogP contribution in [0.5, 0.6) is 0 Å². The summed E-state index contributed by atoms with van der Waals surface area (Å²) in [4.78, 5) is 14.1. The zero-order valence-electron chi connectivity index (χ0n) is 12.1. The van der Waals surface area contributed by atoms with E-state index in [2.05, 4.69) is 31.3 Å². The van der Waals surface area contributed by atoms with Crippen LogP contribution in [0.3, 0.4) is 0 Å². The molecule has 0 aliphatic carbocycles. The number of nitrogens with zero attached hydrogens (tertiary/aromatic N) is 1. The van der Waals surface area contributed by atoms with Crippen LogP contribution in [0, 0.1) is 13.8 Å². The Labute approximate surface area is 129 Å². The maximum absolute atomic E-state index is 12.3. The third-order valence-electron chi connectivity index (χ3n) is 3.92. The lowest BCUT2D eigenvalue weighted by Gasteiger charge is -2.31. The molecule has 1 N–H and O–H groups in total. The molecule has 2 aromatic rings. The quantitative estimate of drug-likeness (QED) is 0.912. The van der Waals surface area contributed by atoms with Crippen molar-refractivity contribution in [3.05, 3.63) is 58.1 Å². The van der Waals surface area contributed by atoms with Crippen molar-refractivity contribution in [2.75, 3.05) is 16.8 Å². The molecule has 0 radical (unpaired) electrons. The third kappa shape index (κ3) is 2.61.